The van der Waals surface area contributed by atoms with Gasteiger partial charge in [-0.15, -0.1) is 0 Å². The zero-order valence-electron chi connectivity index (χ0n) is 19.2. The molecule has 35 heavy (non-hydrogen) atoms. The molecule has 1 N–H and O–H groups in total. The van der Waals surface area contributed by atoms with E-state index in [0.717, 1.165) is 11.1 Å². The second-order valence-electron chi connectivity index (χ2n) is 8.82. The maximum atomic E-state index is 13.3. The van der Waals surface area contributed by atoms with Crippen molar-refractivity contribution in [3.8, 4) is 11.1 Å². The molecule has 1 fully saturated rings. The first-order chi connectivity index (χ1) is 16.9. The first kappa shape index (κ1) is 22.7. The zero-order valence-corrected chi connectivity index (χ0v) is 19.2. The molecule has 5 rings (SSSR count). The number of carbonyl (C=O) groups is 2. The summed E-state index contributed by atoms with van der Waals surface area (Å²) in [6.07, 6.45) is 4.27. The molecule has 0 saturated heterocycles. The number of benzene rings is 2. The third-order valence-electron chi connectivity index (χ3n) is 6.66. The van der Waals surface area contributed by atoms with Crippen molar-refractivity contribution >= 4 is 28.4 Å². The molecule has 0 unspecified atom stereocenters. The second-order valence-corrected chi connectivity index (χ2v) is 8.82. The van der Waals surface area contributed by atoms with Crippen molar-refractivity contribution in [2.45, 2.75) is 31.7 Å². The van der Waals surface area contributed by atoms with Gasteiger partial charge < -0.3 is 10.1 Å². The van der Waals surface area contributed by atoms with E-state index in [9.17, 15) is 18.8 Å². The first-order valence-electron chi connectivity index (χ1n) is 11.5. The fourth-order valence-electron chi connectivity index (χ4n) is 4.73. The van der Waals surface area contributed by atoms with E-state index in [1.807, 2.05) is 6.07 Å². The molecule has 0 radical (unpaired) electrons. The number of pyridine rings is 1. The summed E-state index contributed by atoms with van der Waals surface area (Å²) in [5, 5.41) is 3.44. The van der Waals surface area contributed by atoms with E-state index in [2.05, 4.69) is 10.3 Å². The number of carbonyl (C=O) groups excluding carboxylic acids is 2. The highest BCUT2D eigenvalue weighted by molar-refractivity contribution is 6.01. The van der Waals surface area contributed by atoms with Crippen LogP contribution in [0.15, 0.2) is 65.6 Å². The van der Waals surface area contributed by atoms with Gasteiger partial charge in [-0.2, -0.15) is 0 Å². The minimum Gasteiger partial charge on any atom is -0.469 e. The van der Waals surface area contributed by atoms with Crippen LogP contribution in [-0.2, 0) is 9.53 Å². The summed E-state index contributed by atoms with van der Waals surface area (Å²) >= 11 is 0. The molecule has 0 atom stereocenters. The Morgan fingerprint density at radius 3 is 2.46 bits per heavy atom. The predicted molar refractivity (Wildman–Crippen MR) is 130 cm³/mol. The van der Waals surface area contributed by atoms with Gasteiger partial charge in [0, 0.05) is 12.2 Å². The van der Waals surface area contributed by atoms with Crippen molar-refractivity contribution in [3.05, 3.63) is 82.5 Å². The van der Waals surface area contributed by atoms with Crippen LogP contribution in [0.2, 0.25) is 0 Å². The number of hydrogen-bond donors (Lipinski definition) is 1. The van der Waals surface area contributed by atoms with Crippen molar-refractivity contribution in [3.63, 3.8) is 0 Å². The molecule has 1 aliphatic rings. The summed E-state index contributed by atoms with van der Waals surface area (Å²) in [4.78, 5) is 42.8. The number of esters is 1. The lowest BCUT2D eigenvalue weighted by molar-refractivity contribution is -0.146. The van der Waals surface area contributed by atoms with Crippen LogP contribution < -0.4 is 10.9 Å². The smallest absolute Gasteiger partial charge is 0.308 e. The predicted octanol–water partition coefficient (Wildman–Crippen LogP) is 4.12. The van der Waals surface area contributed by atoms with Crippen LogP contribution in [0, 0.1) is 11.7 Å². The highest BCUT2D eigenvalue weighted by atomic mass is 19.1. The van der Waals surface area contributed by atoms with Crippen LogP contribution >= 0.6 is 0 Å². The first-order valence-corrected chi connectivity index (χ1v) is 11.5. The molecule has 2 aromatic heterocycles. The summed E-state index contributed by atoms with van der Waals surface area (Å²) in [7, 11) is 1.39. The molecule has 0 aliphatic heterocycles. The fourth-order valence-corrected chi connectivity index (χ4v) is 4.73. The fraction of sp³-hybridized carbons (Fsp3) is 0.259. The van der Waals surface area contributed by atoms with Crippen LogP contribution in [0.3, 0.4) is 0 Å². The third-order valence-corrected chi connectivity index (χ3v) is 6.66. The van der Waals surface area contributed by atoms with Crippen LogP contribution in [0.1, 0.15) is 36.0 Å². The van der Waals surface area contributed by atoms with E-state index in [1.165, 1.54) is 23.6 Å². The number of hydrogen-bond acceptors (Lipinski definition) is 5. The molecule has 7 nitrogen and oxygen atoms in total. The van der Waals surface area contributed by atoms with Gasteiger partial charge in [-0.05, 0) is 73.2 Å². The molecular weight excluding hydrogens is 449 g/mol. The SMILES string of the molecule is COC(=O)C1CCC(NC(=O)c2cccn3c(=O)c4cc(-c5ccc(F)cc5)ccc4nc23)CC1. The third kappa shape index (κ3) is 4.39. The summed E-state index contributed by atoms with van der Waals surface area (Å²) < 4.78 is 19.5. The maximum absolute atomic E-state index is 13.3. The molecule has 2 heterocycles. The Labute approximate surface area is 200 Å². The lowest BCUT2D eigenvalue weighted by Gasteiger charge is -2.27. The zero-order chi connectivity index (χ0) is 24.5. The highest BCUT2D eigenvalue weighted by Gasteiger charge is 2.28. The van der Waals surface area contributed by atoms with E-state index in [0.29, 0.717) is 42.1 Å². The molecule has 0 bridgehead atoms. The van der Waals surface area contributed by atoms with Gasteiger partial charge in [-0.25, -0.2) is 9.37 Å². The normalized spacial score (nSPS) is 17.9. The standard InChI is InChI=1S/C27H24FN3O4/c1-35-27(34)17-6-11-20(12-7-17)29-25(32)21-3-2-14-31-24(21)30-23-13-8-18(15-22(23)26(31)33)16-4-9-19(28)10-5-16/h2-5,8-10,13-15,17,20H,6-7,11-12H2,1H3,(H,29,32). The number of nitrogens with zero attached hydrogens (tertiary/aromatic N) is 2. The van der Waals surface area contributed by atoms with Gasteiger partial charge in [-0.3, -0.25) is 18.8 Å². The van der Waals surface area contributed by atoms with Crippen molar-refractivity contribution in [1.29, 1.82) is 0 Å². The van der Waals surface area contributed by atoms with E-state index >= 15 is 0 Å². The highest BCUT2D eigenvalue weighted by Crippen LogP contribution is 2.26. The van der Waals surface area contributed by atoms with Gasteiger partial charge in [-0.1, -0.05) is 18.2 Å². The van der Waals surface area contributed by atoms with Crippen LogP contribution in [0.25, 0.3) is 27.7 Å². The number of amides is 1. The van der Waals surface area contributed by atoms with Crippen molar-refractivity contribution < 1.29 is 18.7 Å². The Morgan fingerprint density at radius 1 is 1.03 bits per heavy atom. The molecule has 2 aromatic carbocycles. The number of aromatic nitrogens is 2. The van der Waals surface area contributed by atoms with E-state index in [1.54, 1.807) is 42.6 Å². The molecule has 178 valence electrons. The Balaban J connectivity index is 1.45. The van der Waals surface area contributed by atoms with Gasteiger partial charge in [0.15, 0.2) is 5.65 Å². The second kappa shape index (κ2) is 9.29. The van der Waals surface area contributed by atoms with Gasteiger partial charge >= 0.3 is 5.97 Å². The quantitative estimate of drug-likeness (QED) is 0.356. The Kier molecular flexibility index (Phi) is 6.03. The lowest BCUT2D eigenvalue weighted by Crippen LogP contribution is -2.39. The molecule has 8 heteroatoms. The minimum atomic E-state index is -0.329. The van der Waals surface area contributed by atoms with Crippen LogP contribution in [0.4, 0.5) is 4.39 Å². The van der Waals surface area contributed by atoms with E-state index < -0.39 is 0 Å². The van der Waals surface area contributed by atoms with Crippen molar-refractivity contribution in [2.75, 3.05) is 7.11 Å². The van der Waals surface area contributed by atoms with Crippen molar-refractivity contribution in [2.24, 2.45) is 5.92 Å². The maximum Gasteiger partial charge on any atom is 0.308 e. The molecular formula is C27H24FN3O4. The molecule has 1 amide bonds. The van der Waals surface area contributed by atoms with Gasteiger partial charge in [0.1, 0.15) is 5.82 Å². The minimum absolute atomic E-state index is 0.0610. The average Bonchev–Trinajstić information content (AvgIpc) is 2.89. The van der Waals surface area contributed by atoms with E-state index in [-0.39, 0.29) is 40.9 Å². The number of methoxy groups -OCH3 is 1. The van der Waals surface area contributed by atoms with Gasteiger partial charge in [0.05, 0.1) is 29.5 Å². The van der Waals surface area contributed by atoms with Gasteiger partial charge in [0.2, 0.25) is 0 Å². The average molecular weight is 474 g/mol. The lowest BCUT2D eigenvalue weighted by atomic mass is 9.86. The van der Waals surface area contributed by atoms with Gasteiger partial charge in [0.25, 0.3) is 11.5 Å². The Hall–Kier alpha value is -4.07. The number of ether oxygens (including phenoxy) is 1. The number of nitrogens with one attached hydrogen (secondary N) is 1. The van der Waals surface area contributed by atoms with Crippen molar-refractivity contribution in [1.82, 2.24) is 14.7 Å². The molecule has 4 aromatic rings. The summed E-state index contributed by atoms with van der Waals surface area (Å²) in [6, 6.07) is 14.6. The summed E-state index contributed by atoms with van der Waals surface area (Å²) in [5.41, 5.74) is 2.33. The Bertz CT molecular complexity index is 1490. The number of fused-ring (bicyclic) bond motifs is 2. The molecule has 1 saturated carbocycles. The Morgan fingerprint density at radius 2 is 1.74 bits per heavy atom. The summed E-state index contributed by atoms with van der Waals surface area (Å²) in [5.74, 6) is -0.970. The van der Waals surface area contributed by atoms with Crippen LogP contribution in [0.5, 0.6) is 0 Å². The molecule has 1 aliphatic carbocycles. The summed E-state index contributed by atoms with van der Waals surface area (Å²) in [6.45, 7) is 0. The van der Waals surface area contributed by atoms with E-state index in [4.69, 9.17) is 4.74 Å². The monoisotopic (exact) mass is 473 g/mol. The van der Waals surface area contributed by atoms with Crippen LogP contribution in [-0.4, -0.2) is 34.4 Å². The number of halogens is 1. The largest absolute Gasteiger partial charge is 0.469 e. The topological polar surface area (TPSA) is 89.8 Å². The molecule has 0 spiro atoms. The number of rotatable bonds is 4.